The summed E-state index contributed by atoms with van der Waals surface area (Å²) in [6, 6.07) is 17.2. The maximum Gasteiger partial charge on any atom is 0.453 e. The van der Waals surface area contributed by atoms with Crippen molar-refractivity contribution in [3.63, 3.8) is 0 Å². The van der Waals surface area contributed by atoms with Gasteiger partial charge >= 0.3 is 18.2 Å². The predicted molar refractivity (Wildman–Crippen MR) is 204 cm³/mol. The number of alkyl halides is 5. The fourth-order valence-corrected chi connectivity index (χ4v) is 7.18. The summed E-state index contributed by atoms with van der Waals surface area (Å²) in [5.41, 5.74) is 4.00. The molecule has 4 heterocycles. The molecule has 6 rings (SSSR count). The van der Waals surface area contributed by atoms with E-state index in [-0.39, 0.29) is 55.2 Å². The molecule has 1 aliphatic rings. The van der Waals surface area contributed by atoms with E-state index in [4.69, 9.17) is 27.9 Å². The number of halogens is 7. The number of methoxy groups -OCH3 is 1. The number of hydrogen-bond donors (Lipinski definition) is 3. The zero-order valence-electron chi connectivity index (χ0n) is 30.2. The normalized spacial score (nSPS) is 14.5. The first-order chi connectivity index (χ1) is 27.1. The molecule has 2 aromatic carbocycles. The Balaban J connectivity index is 1.20. The molecule has 300 valence electrons. The van der Waals surface area contributed by atoms with Gasteiger partial charge in [0.15, 0.2) is 0 Å². The van der Waals surface area contributed by atoms with Gasteiger partial charge in [-0.25, -0.2) is 14.8 Å². The van der Waals surface area contributed by atoms with Crippen LogP contribution in [0.2, 0.25) is 10.0 Å². The largest absolute Gasteiger partial charge is 0.481 e. The summed E-state index contributed by atoms with van der Waals surface area (Å²) in [5, 5.41) is 16.1. The van der Waals surface area contributed by atoms with Gasteiger partial charge in [-0.05, 0) is 49.2 Å². The maximum absolute atomic E-state index is 13.2. The molecule has 1 atom stereocenters. The third kappa shape index (κ3) is 9.13. The fourth-order valence-electron chi connectivity index (χ4n) is 6.52. The molecule has 0 bridgehead atoms. The van der Waals surface area contributed by atoms with E-state index in [1.54, 1.807) is 60.7 Å². The first kappa shape index (κ1) is 41.3. The Labute approximate surface area is 332 Å². The zero-order valence-corrected chi connectivity index (χ0v) is 31.7. The van der Waals surface area contributed by atoms with Crippen LogP contribution in [0.4, 0.5) is 26.7 Å². The molecule has 0 radical (unpaired) electrons. The molecule has 0 spiro atoms. The number of ether oxygens (including phenoxy) is 1. The van der Waals surface area contributed by atoms with Gasteiger partial charge in [0.05, 0.1) is 29.4 Å². The van der Waals surface area contributed by atoms with Crippen LogP contribution in [0.25, 0.3) is 39.2 Å². The zero-order chi connectivity index (χ0) is 41.1. The smallest absolute Gasteiger partial charge is 0.453 e. The Morgan fingerprint density at radius 3 is 2.33 bits per heavy atom. The van der Waals surface area contributed by atoms with E-state index in [1.807, 2.05) is 0 Å². The SMILES string of the molecule is COc1nc(-c2cccc(-c3cccc(-c4ccn5c(=O)c(CNCCCC(F)(F)C(F)(F)F)cnc5c4)c3Cl)c2Cl)ccc1CN(CC1CCC(=O)N1)C(=O)O. The quantitative estimate of drug-likeness (QED) is 0.0752. The second-order valence-electron chi connectivity index (χ2n) is 13.4. The summed E-state index contributed by atoms with van der Waals surface area (Å²) in [6.45, 7) is -0.152. The molecule has 2 amide bonds. The number of nitrogens with zero attached hydrogens (tertiary/aromatic N) is 4. The van der Waals surface area contributed by atoms with Crippen LogP contribution in [0.15, 0.2) is 77.9 Å². The minimum absolute atomic E-state index is 0.0195. The molecule has 5 aromatic rings. The van der Waals surface area contributed by atoms with Crippen LogP contribution in [0.3, 0.4) is 0 Å². The molecule has 1 unspecified atom stereocenters. The number of aromatic nitrogens is 3. The summed E-state index contributed by atoms with van der Waals surface area (Å²) in [6.07, 6.45) is -4.87. The lowest BCUT2D eigenvalue weighted by Gasteiger charge is -2.23. The second-order valence-corrected chi connectivity index (χ2v) is 14.1. The van der Waals surface area contributed by atoms with Crippen molar-refractivity contribution >= 4 is 40.8 Å². The monoisotopic (exact) mass is 832 g/mol. The van der Waals surface area contributed by atoms with Gasteiger partial charge in [-0.3, -0.25) is 14.0 Å². The van der Waals surface area contributed by atoms with Crippen LogP contribution in [0.1, 0.15) is 36.8 Å². The van der Waals surface area contributed by atoms with E-state index in [2.05, 4.69) is 20.6 Å². The second kappa shape index (κ2) is 17.0. The summed E-state index contributed by atoms with van der Waals surface area (Å²) >= 11 is 14.1. The van der Waals surface area contributed by atoms with Crippen LogP contribution >= 0.6 is 23.2 Å². The molecular weight excluding hydrogens is 798 g/mol. The molecule has 1 fully saturated rings. The molecule has 57 heavy (non-hydrogen) atoms. The number of carbonyl (C=O) groups is 2. The lowest BCUT2D eigenvalue weighted by atomic mass is 9.97. The molecule has 0 aliphatic carbocycles. The van der Waals surface area contributed by atoms with E-state index in [1.165, 1.54) is 28.8 Å². The van der Waals surface area contributed by atoms with Crippen molar-refractivity contribution in [3.05, 3.63) is 105 Å². The van der Waals surface area contributed by atoms with Gasteiger partial charge in [0.25, 0.3) is 5.56 Å². The molecule has 3 aromatic heterocycles. The van der Waals surface area contributed by atoms with Crippen molar-refractivity contribution in [1.29, 1.82) is 0 Å². The van der Waals surface area contributed by atoms with E-state index in [9.17, 15) is 41.4 Å². The summed E-state index contributed by atoms with van der Waals surface area (Å²) in [5.74, 6) is -4.70. The van der Waals surface area contributed by atoms with Crippen molar-refractivity contribution in [2.75, 3.05) is 20.2 Å². The van der Waals surface area contributed by atoms with Crippen LogP contribution in [0, 0.1) is 0 Å². The summed E-state index contributed by atoms with van der Waals surface area (Å²) in [4.78, 5) is 47.1. The molecular formula is C39H35Cl2F5N6O5. The minimum Gasteiger partial charge on any atom is -0.481 e. The third-order valence-corrected chi connectivity index (χ3v) is 10.3. The van der Waals surface area contributed by atoms with Crippen LogP contribution in [-0.2, 0) is 17.9 Å². The first-order valence-corrected chi connectivity index (χ1v) is 18.4. The predicted octanol–water partition coefficient (Wildman–Crippen LogP) is 8.23. The number of pyridine rings is 2. The van der Waals surface area contributed by atoms with Crippen molar-refractivity contribution in [3.8, 4) is 39.4 Å². The molecule has 11 nitrogen and oxygen atoms in total. The average Bonchev–Trinajstić information content (AvgIpc) is 3.59. The molecule has 1 saturated heterocycles. The number of hydrogen-bond acceptors (Lipinski definition) is 7. The highest BCUT2D eigenvalue weighted by molar-refractivity contribution is 6.39. The van der Waals surface area contributed by atoms with Crippen LogP contribution in [-0.4, -0.2) is 74.7 Å². The Morgan fingerprint density at radius 2 is 1.68 bits per heavy atom. The highest BCUT2D eigenvalue weighted by Gasteiger charge is 2.56. The number of carboxylic acid groups (broad SMARTS) is 1. The standard InChI is InChI=1S/C39H35Cl2F5N6O5/c1-57-35-23(20-51(37(55)56)21-25-10-12-32(53)49-25)9-11-30(50-35)29-8-3-7-28(34(29)41)27-6-2-5-26(33(27)40)22-13-16-52-31(17-22)48-19-24(36(52)54)18-47-15-4-14-38(42,43)39(44,45)46/h2-3,5-9,11,13,16-17,19,25,47H,4,10,12,14-15,18,20-21H2,1H3,(H,49,53)(H,55,56). The van der Waals surface area contributed by atoms with Gasteiger partial charge < -0.3 is 25.4 Å². The van der Waals surface area contributed by atoms with Crippen molar-refractivity contribution in [1.82, 2.24) is 29.9 Å². The number of rotatable bonds is 14. The van der Waals surface area contributed by atoms with E-state index in [0.29, 0.717) is 62.0 Å². The van der Waals surface area contributed by atoms with Crippen molar-refractivity contribution in [2.45, 2.75) is 56.9 Å². The average molecular weight is 834 g/mol. The van der Waals surface area contributed by atoms with Gasteiger partial charge in [0.1, 0.15) is 5.65 Å². The molecule has 18 heteroatoms. The number of amides is 2. The molecule has 0 saturated carbocycles. The highest BCUT2D eigenvalue weighted by atomic mass is 35.5. The highest BCUT2D eigenvalue weighted by Crippen LogP contribution is 2.43. The van der Waals surface area contributed by atoms with Crippen molar-refractivity contribution < 1.29 is 41.4 Å². The van der Waals surface area contributed by atoms with Crippen LogP contribution in [0.5, 0.6) is 5.88 Å². The summed E-state index contributed by atoms with van der Waals surface area (Å²) < 4.78 is 70.4. The minimum atomic E-state index is -5.62. The lowest BCUT2D eigenvalue weighted by Crippen LogP contribution is -2.41. The Bertz CT molecular complexity index is 2380. The number of benzene rings is 2. The van der Waals surface area contributed by atoms with Gasteiger partial charge in [-0.1, -0.05) is 59.6 Å². The van der Waals surface area contributed by atoms with Gasteiger partial charge in [-0.15, -0.1) is 0 Å². The number of fused-ring (bicyclic) bond motifs is 1. The van der Waals surface area contributed by atoms with Gasteiger partial charge in [-0.2, -0.15) is 22.0 Å². The van der Waals surface area contributed by atoms with E-state index >= 15 is 0 Å². The van der Waals surface area contributed by atoms with Crippen LogP contribution < -0.4 is 20.9 Å². The topological polar surface area (TPSA) is 138 Å². The Kier molecular flexibility index (Phi) is 12.4. The first-order valence-electron chi connectivity index (χ1n) is 17.6. The fraction of sp³-hybridized carbons (Fsp3) is 0.308. The van der Waals surface area contributed by atoms with E-state index < -0.39 is 36.6 Å². The maximum atomic E-state index is 13.2. The van der Waals surface area contributed by atoms with Gasteiger partial charge in [0, 0.05) is 77.7 Å². The lowest BCUT2D eigenvalue weighted by molar-refractivity contribution is -0.284. The molecule has 1 aliphatic heterocycles. The third-order valence-electron chi connectivity index (χ3n) is 9.52. The Hall–Kier alpha value is -5.32. The number of carbonyl (C=O) groups excluding carboxylic acids is 1. The molecule has 3 N–H and O–H groups in total. The van der Waals surface area contributed by atoms with Crippen molar-refractivity contribution in [2.24, 2.45) is 0 Å². The van der Waals surface area contributed by atoms with E-state index in [0.717, 1.165) is 0 Å². The van der Waals surface area contributed by atoms with Gasteiger partial charge in [0.2, 0.25) is 11.8 Å². The summed E-state index contributed by atoms with van der Waals surface area (Å²) in [7, 11) is 1.43. The Morgan fingerprint density at radius 1 is 1.00 bits per heavy atom. The number of nitrogens with one attached hydrogen (secondary N) is 2.